The zero-order chi connectivity index (χ0) is 20.3. The number of aliphatic carboxylic acids is 1. The van der Waals surface area contributed by atoms with Crippen LogP contribution in [-0.4, -0.2) is 47.4 Å². The van der Waals surface area contributed by atoms with Gasteiger partial charge in [-0.05, 0) is 37.1 Å². The monoisotopic (exact) mass is 391 g/mol. The van der Waals surface area contributed by atoms with E-state index in [9.17, 15) is 23.8 Å². The summed E-state index contributed by atoms with van der Waals surface area (Å²) < 4.78 is 33.4. The standard InChI is InChI=1S/C21H23F2NO4/c1-28-17-8-7-16(22)15(19(17)23)12-24-10-9-21(20(26)27,18(25)13-24)11-14-5-3-2-4-6-14/h2-8,18,25H,9-13H2,1H3,(H,26,27)/t18-,21-/m1/s1. The normalized spacial score (nSPS) is 22.8. The first kappa shape index (κ1) is 20.2. The van der Waals surface area contributed by atoms with Crippen molar-refractivity contribution in [1.29, 1.82) is 0 Å². The molecule has 1 aliphatic rings. The average molecular weight is 391 g/mol. The average Bonchev–Trinajstić information content (AvgIpc) is 2.68. The van der Waals surface area contributed by atoms with Gasteiger partial charge < -0.3 is 14.9 Å². The summed E-state index contributed by atoms with van der Waals surface area (Å²) >= 11 is 0. The molecule has 3 rings (SSSR count). The maximum atomic E-state index is 14.4. The Morgan fingerprint density at radius 3 is 2.57 bits per heavy atom. The Balaban J connectivity index is 1.78. The van der Waals surface area contributed by atoms with Gasteiger partial charge in [-0.1, -0.05) is 30.3 Å². The molecule has 0 amide bonds. The predicted molar refractivity (Wildman–Crippen MR) is 99.0 cm³/mol. The molecule has 2 aromatic carbocycles. The lowest BCUT2D eigenvalue weighted by Gasteiger charge is -2.43. The highest BCUT2D eigenvalue weighted by Gasteiger charge is 2.48. The molecule has 28 heavy (non-hydrogen) atoms. The van der Waals surface area contributed by atoms with Crippen molar-refractivity contribution in [3.05, 3.63) is 65.2 Å². The Bertz CT molecular complexity index is 846. The summed E-state index contributed by atoms with van der Waals surface area (Å²) in [5.41, 5.74) is -0.664. The van der Waals surface area contributed by atoms with Crippen LogP contribution < -0.4 is 4.74 Å². The van der Waals surface area contributed by atoms with Gasteiger partial charge >= 0.3 is 5.97 Å². The Hall–Kier alpha value is -2.51. The van der Waals surface area contributed by atoms with E-state index >= 15 is 0 Å². The van der Waals surface area contributed by atoms with Crippen LogP contribution in [0.15, 0.2) is 42.5 Å². The number of aliphatic hydroxyl groups excluding tert-OH is 1. The molecular formula is C21H23F2NO4. The molecule has 1 heterocycles. The van der Waals surface area contributed by atoms with Crippen LogP contribution in [0.1, 0.15) is 17.5 Å². The molecule has 0 saturated carbocycles. The van der Waals surface area contributed by atoms with Crippen LogP contribution in [0.25, 0.3) is 0 Å². The van der Waals surface area contributed by atoms with Gasteiger partial charge in [0.15, 0.2) is 11.6 Å². The third-order valence-corrected chi connectivity index (χ3v) is 5.48. The van der Waals surface area contributed by atoms with Crippen molar-refractivity contribution in [2.24, 2.45) is 5.41 Å². The highest BCUT2D eigenvalue weighted by molar-refractivity contribution is 5.76. The lowest BCUT2D eigenvalue weighted by atomic mass is 9.71. The number of nitrogens with zero attached hydrogens (tertiary/aromatic N) is 1. The number of piperidine rings is 1. The fourth-order valence-electron chi connectivity index (χ4n) is 3.77. The lowest BCUT2D eigenvalue weighted by molar-refractivity contribution is -0.163. The van der Waals surface area contributed by atoms with Gasteiger partial charge in [0.2, 0.25) is 0 Å². The Morgan fingerprint density at radius 2 is 1.96 bits per heavy atom. The number of ether oxygens (including phenoxy) is 1. The van der Waals surface area contributed by atoms with Gasteiger partial charge in [0, 0.05) is 18.7 Å². The Labute approximate surface area is 162 Å². The van der Waals surface area contributed by atoms with Crippen LogP contribution in [0.2, 0.25) is 0 Å². The predicted octanol–water partition coefficient (Wildman–Crippen LogP) is 2.85. The molecule has 2 N–H and O–H groups in total. The molecule has 0 radical (unpaired) electrons. The van der Waals surface area contributed by atoms with E-state index in [0.29, 0.717) is 6.54 Å². The van der Waals surface area contributed by atoms with Crippen LogP contribution in [0.3, 0.4) is 0 Å². The first-order chi connectivity index (χ1) is 13.4. The molecule has 1 aliphatic heterocycles. The van der Waals surface area contributed by atoms with Crippen molar-refractivity contribution in [1.82, 2.24) is 4.90 Å². The number of carboxylic acid groups (broad SMARTS) is 1. The molecule has 1 saturated heterocycles. The first-order valence-electron chi connectivity index (χ1n) is 9.06. The first-order valence-corrected chi connectivity index (χ1v) is 9.06. The second kappa shape index (κ2) is 8.24. The second-order valence-corrected chi connectivity index (χ2v) is 7.17. The molecule has 2 aromatic rings. The number of aliphatic hydroxyl groups is 1. The van der Waals surface area contributed by atoms with Crippen molar-refractivity contribution in [2.75, 3.05) is 20.2 Å². The van der Waals surface area contributed by atoms with Gasteiger partial charge in [-0.3, -0.25) is 9.69 Å². The topological polar surface area (TPSA) is 70.0 Å². The van der Waals surface area contributed by atoms with Crippen LogP contribution in [0.4, 0.5) is 8.78 Å². The quantitative estimate of drug-likeness (QED) is 0.793. The maximum absolute atomic E-state index is 14.4. The largest absolute Gasteiger partial charge is 0.494 e. The van der Waals surface area contributed by atoms with Gasteiger partial charge in [-0.15, -0.1) is 0 Å². The summed E-state index contributed by atoms with van der Waals surface area (Å²) in [4.78, 5) is 13.7. The SMILES string of the molecule is COc1ccc(F)c(CN2CC[C@](Cc3ccccc3)(C(=O)O)[C@H](O)C2)c1F. The van der Waals surface area contributed by atoms with E-state index in [1.807, 2.05) is 30.3 Å². The van der Waals surface area contributed by atoms with E-state index in [1.54, 1.807) is 4.90 Å². The molecule has 1 fully saturated rings. The van der Waals surface area contributed by atoms with E-state index in [1.165, 1.54) is 13.2 Å². The molecule has 150 valence electrons. The number of benzene rings is 2. The number of carboxylic acids is 1. The van der Waals surface area contributed by atoms with Gasteiger partial charge in [-0.25, -0.2) is 8.78 Å². The maximum Gasteiger partial charge on any atom is 0.312 e. The van der Waals surface area contributed by atoms with E-state index < -0.39 is 29.1 Å². The van der Waals surface area contributed by atoms with Gasteiger partial charge in [-0.2, -0.15) is 0 Å². The van der Waals surface area contributed by atoms with Crippen molar-refractivity contribution < 1.29 is 28.5 Å². The fourth-order valence-corrected chi connectivity index (χ4v) is 3.77. The minimum Gasteiger partial charge on any atom is -0.494 e. The number of carbonyl (C=O) groups is 1. The molecule has 0 aliphatic carbocycles. The van der Waals surface area contributed by atoms with Crippen LogP contribution in [0, 0.1) is 17.0 Å². The lowest BCUT2D eigenvalue weighted by Crippen LogP contribution is -2.55. The number of likely N-dealkylation sites (tertiary alicyclic amines) is 1. The molecule has 0 spiro atoms. The highest BCUT2D eigenvalue weighted by Crippen LogP contribution is 2.37. The minimum atomic E-state index is -1.33. The number of halogens is 2. The van der Waals surface area contributed by atoms with E-state index in [0.717, 1.165) is 11.6 Å². The van der Waals surface area contributed by atoms with Crippen molar-refractivity contribution in [2.45, 2.75) is 25.5 Å². The number of hydrogen-bond donors (Lipinski definition) is 2. The van der Waals surface area contributed by atoms with E-state index in [2.05, 4.69) is 0 Å². The van der Waals surface area contributed by atoms with Gasteiger partial charge in [0.05, 0.1) is 13.2 Å². The molecule has 5 nitrogen and oxygen atoms in total. The van der Waals surface area contributed by atoms with Crippen molar-refractivity contribution in [3.8, 4) is 5.75 Å². The zero-order valence-corrected chi connectivity index (χ0v) is 15.6. The van der Waals surface area contributed by atoms with Crippen molar-refractivity contribution in [3.63, 3.8) is 0 Å². The van der Waals surface area contributed by atoms with E-state index in [4.69, 9.17) is 4.74 Å². The number of hydrogen-bond acceptors (Lipinski definition) is 4. The van der Waals surface area contributed by atoms with Gasteiger partial charge in [0.1, 0.15) is 11.2 Å². The molecular weight excluding hydrogens is 368 g/mol. The molecule has 0 aromatic heterocycles. The number of rotatable bonds is 6. The third kappa shape index (κ3) is 3.86. The van der Waals surface area contributed by atoms with Crippen LogP contribution in [0.5, 0.6) is 5.75 Å². The Kier molecular flexibility index (Phi) is 5.96. The summed E-state index contributed by atoms with van der Waals surface area (Å²) in [6, 6.07) is 11.5. The molecule has 2 atom stereocenters. The smallest absolute Gasteiger partial charge is 0.312 e. The fraction of sp³-hybridized carbons (Fsp3) is 0.381. The summed E-state index contributed by atoms with van der Waals surface area (Å²) in [5.74, 6) is -2.61. The summed E-state index contributed by atoms with van der Waals surface area (Å²) in [6.45, 7) is 0.231. The number of β-amino-alcohol motifs (C(OH)–C–C–N with tert-alkyl or cyclic N) is 1. The summed E-state index contributed by atoms with van der Waals surface area (Å²) in [6.07, 6.45) is -0.804. The molecule has 0 unspecified atom stereocenters. The number of methoxy groups -OCH3 is 1. The zero-order valence-electron chi connectivity index (χ0n) is 15.6. The Morgan fingerprint density at radius 1 is 1.25 bits per heavy atom. The van der Waals surface area contributed by atoms with Crippen LogP contribution >= 0.6 is 0 Å². The summed E-state index contributed by atoms with van der Waals surface area (Å²) in [7, 11) is 1.30. The summed E-state index contributed by atoms with van der Waals surface area (Å²) in [5, 5.41) is 20.5. The second-order valence-electron chi connectivity index (χ2n) is 7.17. The minimum absolute atomic E-state index is 0.00915. The van der Waals surface area contributed by atoms with Gasteiger partial charge in [0.25, 0.3) is 0 Å². The van der Waals surface area contributed by atoms with Crippen molar-refractivity contribution >= 4 is 5.97 Å². The molecule has 0 bridgehead atoms. The highest BCUT2D eigenvalue weighted by atomic mass is 19.1. The van der Waals surface area contributed by atoms with E-state index in [-0.39, 0.29) is 37.2 Å². The third-order valence-electron chi connectivity index (χ3n) is 5.48. The molecule has 7 heteroatoms. The van der Waals surface area contributed by atoms with Crippen LogP contribution in [-0.2, 0) is 17.8 Å².